The lowest BCUT2D eigenvalue weighted by atomic mass is 10.0. The van der Waals surface area contributed by atoms with Crippen LogP contribution in [-0.2, 0) is 13.6 Å². The molecule has 0 bridgehead atoms. The summed E-state index contributed by atoms with van der Waals surface area (Å²) in [5, 5.41) is 10.8. The van der Waals surface area contributed by atoms with Gasteiger partial charge in [0, 0.05) is 0 Å². The highest BCUT2D eigenvalue weighted by molar-refractivity contribution is 6.74. The van der Waals surface area contributed by atoms with Crippen LogP contribution in [0.25, 0.3) is 0 Å². The molecule has 0 amide bonds. The fraction of sp³-hybridized carbons (Fsp3) is 0.913. The van der Waals surface area contributed by atoms with Crippen molar-refractivity contribution >= 4 is 16.6 Å². The zero-order valence-corrected chi connectivity index (χ0v) is 23.0. The Kier molecular flexibility index (Phi) is 9.41. The molecule has 1 aliphatic rings. The monoisotopic (exact) mass is 444 g/mol. The van der Waals surface area contributed by atoms with Crippen LogP contribution in [0.15, 0.2) is 12.2 Å². The molecule has 0 spiro atoms. The van der Waals surface area contributed by atoms with E-state index in [1.807, 2.05) is 6.92 Å². The molecule has 0 aromatic heterocycles. The third-order valence-electron chi connectivity index (χ3n) is 7.18. The molecule has 1 N–H and O–H groups in total. The van der Waals surface area contributed by atoms with Crippen molar-refractivity contribution in [3.8, 4) is 0 Å². The number of aliphatic hydroxyl groups is 1. The van der Waals surface area contributed by atoms with Crippen molar-refractivity contribution in [2.45, 2.75) is 128 Å². The van der Waals surface area contributed by atoms with Crippen molar-refractivity contribution in [2.24, 2.45) is 0 Å². The van der Waals surface area contributed by atoms with E-state index in [1.54, 1.807) is 0 Å². The largest absolute Gasteiger partial charge is 0.414 e. The maximum Gasteiger partial charge on any atom is 0.192 e. The van der Waals surface area contributed by atoms with Crippen molar-refractivity contribution in [1.29, 1.82) is 0 Å². The lowest BCUT2D eigenvalue weighted by molar-refractivity contribution is -0.126. The van der Waals surface area contributed by atoms with Gasteiger partial charge in [0.05, 0.1) is 24.9 Å². The molecule has 1 heterocycles. The highest BCUT2D eigenvalue weighted by atomic mass is 28.4. The van der Waals surface area contributed by atoms with Crippen molar-refractivity contribution in [3.63, 3.8) is 0 Å². The molecule has 0 aromatic carbocycles. The third-order valence-corrected chi connectivity index (χ3v) is 16.2. The fourth-order valence-electron chi connectivity index (χ4n) is 2.82. The van der Waals surface area contributed by atoms with Crippen LogP contribution in [0.3, 0.4) is 0 Å². The van der Waals surface area contributed by atoms with Gasteiger partial charge in [-0.15, -0.1) is 0 Å². The van der Waals surface area contributed by atoms with Crippen LogP contribution in [0.5, 0.6) is 0 Å². The topological polar surface area (TPSA) is 47.9 Å². The molecule has 0 saturated heterocycles. The molecule has 0 fully saturated rings. The highest BCUT2D eigenvalue weighted by Gasteiger charge is 2.43. The zero-order chi connectivity index (χ0) is 22.7. The Labute approximate surface area is 182 Å². The first-order valence-corrected chi connectivity index (χ1v) is 17.1. The first-order chi connectivity index (χ1) is 13.0. The standard InChI is InChI=1S/C23H48O4Si2/c1-12-18(24)19-15-13-14-16-20(27-29(10,11)23(5,6)7)21(26-19)17-25-28(8,9)22(2,3)4/h13-14,18-21,24H,12,15-17H2,1-11H3/b14-13-/t18-,19+,20-,21-/m0/s1. The molecule has 4 nitrogen and oxygen atoms in total. The maximum atomic E-state index is 10.5. The Hall–Kier alpha value is 0.0138. The molecule has 6 heteroatoms. The van der Waals surface area contributed by atoms with Gasteiger partial charge >= 0.3 is 0 Å². The summed E-state index contributed by atoms with van der Waals surface area (Å²) in [6, 6.07) is 0. The van der Waals surface area contributed by atoms with Gasteiger partial charge < -0.3 is 18.7 Å². The SMILES string of the molecule is CC[C@H](O)[C@H]1C/C=C\C[C@H](O[Si](C)(C)C(C)(C)C)[C@H](CO[Si](C)(C)C(C)(C)C)O1. The normalized spacial score (nSPS) is 27.2. The maximum absolute atomic E-state index is 10.5. The summed E-state index contributed by atoms with van der Waals surface area (Å²) in [6.45, 7) is 25.2. The minimum absolute atomic E-state index is 0.0521. The van der Waals surface area contributed by atoms with E-state index in [1.165, 1.54) is 0 Å². The molecule has 29 heavy (non-hydrogen) atoms. The molecular formula is C23H48O4Si2. The van der Waals surface area contributed by atoms with E-state index in [4.69, 9.17) is 13.6 Å². The van der Waals surface area contributed by atoms with Crippen LogP contribution in [0, 0.1) is 0 Å². The van der Waals surface area contributed by atoms with E-state index in [-0.39, 0.29) is 28.4 Å². The van der Waals surface area contributed by atoms with Gasteiger partial charge in [-0.2, -0.15) is 0 Å². The zero-order valence-electron chi connectivity index (χ0n) is 21.0. The van der Waals surface area contributed by atoms with Gasteiger partial charge in [-0.25, -0.2) is 0 Å². The van der Waals surface area contributed by atoms with Crippen LogP contribution in [0.4, 0.5) is 0 Å². The number of hydrogen-bond acceptors (Lipinski definition) is 4. The molecule has 0 radical (unpaired) electrons. The van der Waals surface area contributed by atoms with Crippen LogP contribution < -0.4 is 0 Å². The lowest BCUT2D eigenvalue weighted by Crippen LogP contribution is -2.52. The first-order valence-electron chi connectivity index (χ1n) is 11.3. The van der Waals surface area contributed by atoms with Gasteiger partial charge in [-0.3, -0.25) is 0 Å². The average Bonchev–Trinajstić information content (AvgIpc) is 2.54. The molecule has 4 atom stereocenters. The van der Waals surface area contributed by atoms with Crippen molar-refractivity contribution in [2.75, 3.05) is 6.61 Å². The summed E-state index contributed by atoms with van der Waals surface area (Å²) >= 11 is 0. The number of aliphatic hydroxyl groups excluding tert-OH is 1. The smallest absolute Gasteiger partial charge is 0.192 e. The van der Waals surface area contributed by atoms with Crippen LogP contribution in [0.2, 0.25) is 36.3 Å². The van der Waals surface area contributed by atoms with Gasteiger partial charge in [-0.05, 0) is 55.5 Å². The molecule has 1 aliphatic heterocycles. The summed E-state index contributed by atoms with van der Waals surface area (Å²) in [4.78, 5) is 0. The Morgan fingerprint density at radius 1 is 0.966 bits per heavy atom. The Bertz CT molecular complexity index is 532. The second kappa shape index (κ2) is 10.1. The number of ether oxygens (including phenoxy) is 1. The van der Waals surface area contributed by atoms with E-state index in [0.29, 0.717) is 13.0 Å². The number of hydrogen-bond donors (Lipinski definition) is 1. The third kappa shape index (κ3) is 7.58. The van der Waals surface area contributed by atoms with Crippen molar-refractivity contribution in [1.82, 2.24) is 0 Å². The van der Waals surface area contributed by atoms with Gasteiger partial charge in [0.25, 0.3) is 0 Å². The van der Waals surface area contributed by atoms with E-state index in [0.717, 1.165) is 12.8 Å². The van der Waals surface area contributed by atoms with Crippen molar-refractivity contribution < 1.29 is 18.7 Å². The van der Waals surface area contributed by atoms with E-state index < -0.39 is 22.7 Å². The first kappa shape index (κ1) is 27.0. The minimum Gasteiger partial charge on any atom is -0.414 e. The Morgan fingerprint density at radius 2 is 1.48 bits per heavy atom. The summed E-state index contributed by atoms with van der Waals surface area (Å²) in [6.07, 6.45) is 5.67. The lowest BCUT2D eigenvalue weighted by Gasteiger charge is -2.44. The van der Waals surface area contributed by atoms with Crippen molar-refractivity contribution in [3.05, 3.63) is 12.2 Å². The second-order valence-corrected chi connectivity index (χ2v) is 21.2. The van der Waals surface area contributed by atoms with Crippen LogP contribution in [0.1, 0.15) is 67.7 Å². The van der Waals surface area contributed by atoms with E-state index in [9.17, 15) is 5.11 Å². The molecular weight excluding hydrogens is 396 g/mol. The summed E-state index contributed by atoms with van der Waals surface area (Å²) < 4.78 is 19.9. The Morgan fingerprint density at radius 3 is 1.97 bits per heavy atom. The predicted molar refractivity (Wildman–Crippen MR) is 129 cm³/mol. The quantitative estimate of drug-likeness (QED) is 0.371. The number of rotatable bonds is 7. The molecule has 0 unspecified atom stereocenters. The summed E-state index contributed by atoms with van der Waals surface area (Å²) in [5.74, 6) is 0. The van der Waals surface area contributed by atoms with E-state index in [2.05, 4.69) is 79.9 Å². The molecule has 172 valence electrons. The summed E-state index contributed by atoms with van der Waals surface area (Å²) in [5.41, 5.74) is 0. The van der Waals surface area contributed by atoms with Crippen LogP contribution >= 0.6 is 0 Å². The summed E-state index contributed by atoms with van der Waals surface area (Å²) in [7, 11) is -3.87. The van der Waals surface area contributed by atoms with E-state index >= 15 is 0 Å². The van der Waals surface area contributed by atoms with Crippen LogP contribution in [-0.4, -0.2) is 52.8 Å². The molecule has 0 saturated carbocycles. The molecule has 0 aliphatic carbocycles. The molecule has 1 rings (SSSR count). The second-order valence-electron chi connectivity index (χ2n) is 11.6. The van der Waals surface area contributed by atoms with Gasteiger partial charge in [0.1, 0.15) is 6.10 Å². The highest BCUT2D eigenvalue weighted by Crippen LogP contribution is 2.40. The average molecular weight is 445 g/mol. The predicted octanol–water partition coefficient (Wildman–Crippen LogP) is 6.27. The minimum atomic E-state index is -1.96. The molecule has 0 aromatic rings. The Balaban J connectivity index is 3.13. The van der Waals surface area contributed by atoms with Gasteiger partial charge in [0.15, 0.2) is 16.6 Å². The van der Waals surface area contributed by atoms with Gasteiger partial charge in [-0.1, -0.05) is 60.6 Å². The van der Waals surface area contributed by atoms with Gasteiger partial charge in [0.2, 0.25) is 0 Å². The fourth-order valence-corrected chi connectivity index (χ4v) is 5.20.